The van der Waals surface area contributed by atoms with E-state index in [1.165, 1.54) is 0 Å². The average Bonchev–Trinajstić information content (AvgIpc) is 2.81. The smallest absolute Gasteiger partial charge is 0.165 e. The number of carbonyl (C=O) groups is 1. The Labute approximate surface area is 154 Å². The highest BCUT2D eigenvalue weighted by atomic mass is 16.5. The molecular weight excluding hydrogens is 332 g/mol. The predicted octanol–water partition coefficient (Wildman–Crippen LogP) is 2.88. The van der Waals surface area contributed by atoms with Gasteiger partial charge in [0.2, 0.25) is 0 Å². The van der Waals surface area contributed by atoms with E-state index in [9.17, 15) is 9.90 Å². The van der Waals surface area contributed by atoms with Crippen LogP contribution in [0, 0.1) is 11.8 Å². The maximum absolute atomic E-state index is 13.1. The maximum Gasteiger partial charge on any atom is 0.165 e. The zero-order valence-corrected chi connectivity index (χ0v) is 15.7. The highest BCUT2D eigenvalue weighted by molar-refractivity contribution is 6.00. The summed E-state index contributed by atoms with van der Waals surface area (Å²) >= 11 is 0. The minimum absolute atomic E-state index is 0.0331. The van der Waals surface area contributed by atoms with Gasteiger partial charge >= 0.3 is 0 Å². The van der Waals surface area contributed by atoms with Crippen molar-refractivity contribution in [2.45, 2.75) is 31.0 Å². The Bertz CT molecular complexity index is 753. The lowest BCUT2D eigenvalue weighted by atomic mass is 9.79. The molecule has 0 amide bonds. The lowest BCUT2D eigenvalue weighted by Crippen LogP contribution is -2.48. The first-order valence-electron chi connectivity index (χ1n) is 8.77. The summed E-state index contributed by atoms with van der Waals surface area (Å²) < 4.78 is 16.5. The van der Waals surface area contributed by atoms with Gasteiger partial charge in [0.05, 0.1) is 26.2 Å². The van der Waals surface area contributed by atoms with Crippen LogP contribution in [-0.2, 0) is 9.53 Å². The lowest BCUT2D eigenvalue weighted by molar-refractivity contribution is -0.130. The molecule has 0 saturated heterocycles. The topological polar surface area (TPSA) is 65.0 Å². The van der Waals surface area contributed by atoms with Crippen molar-refractivity contribution in [1.82, 2.24) is 0 Å². The third-order valence-electron chi connectivity index (χ3n) is 5.97. The Morgan fingerprint density at radius 3 is 2.46 bits per heavy atom. The first-order chi connectivity index (χ1) is 12.4. The van der Waals surface area contributed by atoms with E-state index in [4.69, 9.17) is 14.2 Å². The molecule has 5 atom stereocenters. The van der Waals surface area contributed by atoms with Crippen molar-refractivity contribution >= 4 is 5.78 Å². The zero-order chi connectivity index (χ0) is 19.1. The van der Waals surface area contributed by atoms with Gasteiger partial charge in [-0.1, -0.05) is 19.1 Å². The number of Topliss-reactive ketones (excluding diaryl/α,β-unsaturated/α-hetero) is 1. The number of fused-ring (bicyclic) bond motifs is 2. The molecule has 140 valence electrons. The van der Waals surface area contributed by atoms with E-state index in [2.05, 4.69) is 6.58 Å². The van der Waals surface area contributed by atoms with Gasteiger partial charge in [-0.2, -0.15) is 0 Å². The summed E-state index contributed by atoms with van der Waals surface area (Å²) in [5.41, 5.74) is 0.709. The Kier molecular flexibility index (Phi) is 4.95. The van der Waals surface area contributed by atoms with E-state index in [1.54, 1.807) is 27.4 Å². The Morgan fingerprint density at radius 2 is 1.88 bits per heavy atom. The number of aliphatic hydroxyl groups excluding tert-OH is 1. The average molecular weight is 358 g/mol. The van der Waals surface area contributed by atoms with Gasteiger partial charge in [0, 0.05) is 13.0 Å². The van der Waals surface area contributed by atoms with Crippen LogP contribution in [0.15, 0.2) is 42.5 Å². The largest absolute Gasteiger partial charge is 0.493 e. The Morgan fingerprint density at radius 1 is 1.19 bits per heavy atom. The molecule has 0 radical (unpaired) electrons. The quantitative estimate of drug-likeness (QED) is 0.792. The Balaban J connectivity index is 2.11. The molecule has 0 heterocycles. The molecule has 0 aromatic heterocycles. The second-order valence-corrected chi connectivity index (χ2v) is 6.98. The fourth-order valence-electron chi connectivity index (χ4n) is 4.66. The second kappa shape index (κ2) is 6.89. The molecule has 2 aliphatic carbocycles. The van der Waals surface area contributed by atoms with Crippen LogP contribution in [0.1, 0.15) is 24.8 Å². The number of ketones is 1. The van der Waals surface area contributed by atoms with Gasteiger partial charge in [-0.3, -0.25) is 4.79 Å². The first kappa shape index (κ1) is 18.7. The van der Waals surface area contributed by atoms with Crippen LogP contribution in [0.3, 0.4) is 0 Å². The number of carbonyl (C=O) groups excluding carboxylic acids is 1. The molecule has 2 aliphatic rings. The van der Waals surface area contributed by atoms with Crippen molar-refractivity contribution < 1.29 is 24.1 Å². The summed E-state index contributed by atoms with van der Waals surface area (Å²) in [6, 6.07) is 5.65. The van der Waals surface area contributed by atoms with Crippen LogP contribution >= 0.6 is 0 Å². The third-order valence-corrected chi connectivity index (χ3v) is 5.97. The van der Waals surface area contributed by atoms with E-state index >= 15 is 0 Å². The molecule has 1 fully saturated rings. The minimum Gasteiger partial charge on any atom is -0.493 e. The highest BCUT2D eigenvalue weighted by Crippen LogP contribution is 2.56. The van der Waals surface area contributed by atoms with Crippen molar-refractivity contribution in [1.29, 1.82) is 0 Å². The summed E-state index contributed by atoms with van der Waals surface area (Å²) in [6.45, 7) is 5.76. The number of hydrogen-bond donors (Lipinski definition) is 1. The summed E-state index contributed by atoms with van der Waals surface area (Å²) in [5, 5.41) is 11.0. The van der Waals surface area contributed by atoms with Gasteiger partial charge in [0.25, 0.3) is 0 Å². The molecule has 0 unspecified atom stereocenters. The summed E-state index contributed by atoms with van der Waals surface area (Å²) in [6.07, 6.45) is 3.10. The standard InChI is InChI=1S/C21H26O5/c1-6-7-14-11-21(26-5)12(2)17(18(19(14)22)20(21)23)13-8-9-15(24-3)16(10-13)25-4/h6,8-12,17-18,20,23H,1,7H2,2-5H3/t12-,17+,18-,20-,21+/m1/s1. The van der Waals surface area contributed by atoms with Crippen molar-refractivity contribution in [3.05, 3.63) is 48.1 Å². The minimum atomic E-state index is -0.887. The maximum atomic E-state index is 13.1. The molecule has 3 rings (SSSR count). The van der Waals surface area contributed by atoms with Gasteiger partial charge in [-0.15, -0.1) is 6.58 Å². The summed E-state index contributed by atoms with van der Waals surface area (Å²) in [4.78, 5) is 13.1. The number of ether oxygens (including phenoxy) is 3. The molecule has 1 N–H and O–H groups in total. The summed E-state index contributed by atoms with van der Waals surface area (Å²) in [5.74, 6) is 0.375. The monoisotopic (exact) mass is 358 g/mol. The molecule has 26 heavy (non-hydrogen) atoms. The van der Waals surface area contributed by atoms with Crippen LogP contribution in [0.4, 0.5) is 0 Å². The first-order valence-corrected chi connectivity index (χ1v) is 8.77. The van der Waals surface area contributed by atoms with Gasteiger partial charge < -0.3 is 19.3 Å². The molecule has 5 heteroatoms. The van der Waals surface area contributed by atoms with Gasteiger partial charge in [-0.25, -0.2) is 0 Å². The van der Waals surface area contributed by atoms with E-state index in [-0.39, 0.29) is 17.6 Å². The highest BCUT2D eigenvalue weighted by Gasteiger charge is 2.63. The number of methoxy groups -OCH3 is 3. The SMILES string of the molecule is C=CCC1=C[C@]2(OC)[C@H](C)[C@@H](c3ccc(OC)c(OC)c3)[C@H](C1=O)[C@H]2O. The van der Waals surface area contributed by atoms with Crippen molar-refractivity contribution in [3.8, 4) is 11.5 Å². The van der Waals surface area contributed by atoms with Crippen LogP contribution < -0.4 is 9.47 Å². The van der Waals surface area contributed by atoms with Gasteiger partial charge in [0.15, 0.2) is 17.3 Å². The Hall–Kier alpha value is -2.11. The fourth-order valence-corrected chi connectivity index (χ4v) is 4.66. The second-order valence-electron chi connectivity index (χ2n) is 6.98. The molecule has 5 nitrogen and oxygen atoms in total. The van der Waals surface area contributed by atoms with E-state index in [0.717, 1.165) is 5.56 Å². The predicted molar refractivity (Wildman–Crippen MR) is 98.6 cm³/mol. The van der Waals surface area contributed by atoms with Crippen molar-refractivity contribution in [2.75, 3.05) is 21.3 Å². The van der Waals surface area contributed by atoms with Crippen molar-refractivity contribution in [2.24, 2.45) is 11.8 Å². The van der Waals surface area contributed by atoms with Crippen LogP contribution in [0.2, 0.25) is 0 Å². The van der Waals surface area contributed by atoms with E-state index in [1.807, 2.05) is 31.2 Å². The lowest BCUT2D eigenvalue weighted by Gasteiger charge is -2.36. The number of hydrogen-bond acceptors (Lipinski definition) is 5. The molecule has 1 aromatic carbocycles. The third kappa shape index (κ3) is 2.49. The van der Waals surface area contributed by atoms with E-state index < -0.39 is 17.6 Å². The van der Waals surface area contributed by atoms with Crippen LogP contribution in [-0.4, -0.2) is 43.9 Å². The number of rotatable bonds is 6. The zero-order valence-electron chi connectivity index (χ0n) is 15.7. The molecular formula is C21H26O5. The number of allylic oxidation sites excluding steroid dienone is 2. The normalized spacial score (nSPS) is 33.0. The van der Waals surface area contributed by atoms with Gasteiger partial charge in [-0.05, 0) is 41.7 Å². The van der Waals surface area contributed by atoms with Crippen molar-refractivity contribution in [3.63, 3.8) is 0 Å². The fraction of sp³-hybridized carbons (Fsp3) is 0.476. The van der Waals surface area contributed by atoms with Gasteiger partial charge in [0.1, 0.15) is 5.60 Å². The van der Waals surface area contributed by atoms with Crippen LogP contribution in [0.5, 0.6) is 11.5 Å². The molecule has 1 aromatic rings. The molecule has 2 bridgehead atoms. The number of aliphatic hydroxyl groups is 1. The molecule has 0 spiro atoms. The number of benzene rings is 1. The summed E-state index contributed by atoms with van der Waals surface area (Å²) in [7, 11) is 4.76. The van der Waals surface area contributed by atoms with Crippen LogP contribution in [0.25, 0.3) is 0 Å². The molecule has 0 aliphatic heterocycles. The van der Waals surface area contributed by atoms with E-state index in [0.29, 0.717) is 23.5 Å². The molecule has 1 saturated carbocycles.